The van der Waals surface area contributed by atoms with Crippen LogP contribution in [0.25, 0.3) is 11.1 Å². The third kappa shape index (κ3) is 4.22. The Morgan fingerprint density at radius 2 is 2.00 bits per heavy atom. The molecule has 0 bridgehead atoms. The molecule has 0 spiro atoms. The van der Waals surface area contributed by atoms with Crippen LogP contribution in [0, 0.1) is 12.8 Å². The topological polar surface area (TPSA) is 93.0 Å². The lowest BCUT2D eigenvalue weighted by molar-refractivity contribution is -0.125. The minimum atomic E-state index is -0.475. The molecule has 0 radical (unpaired) electrons. The van der Waals surface area contributed by atoms with Gasteiger partial charge >= 0.3 is 0 Å². The molecule has 0 aliphatic carbocycles. The Balaban J connectivity index is 1.37. The van der Waals surface area contributed by atoms with Gasteiger partial charge in [0.25, 0.3) is 0 Å². The Bertz CT molecular complexity index is 1050. The number of rotatable bonds is 5. The van der Waals surface area contributed by atoms with Gasteiger partial charge in [0.1, 0.15) is 11.6 Å². The number of nitrogens with zero attached hydrogens (tertiary/aromatic N) is 5. The van der Waals surface area contributed by atoms with Crippen molar-refractivity contribution in [1.82, 2.24) is 19.7 Å². The van der Waals surface area contributed by atoms with Crippen molar-refractivity contribution in [3.8, 4) is 11.1 Å². The fourth-order valence-electron chi connectivity index (χ4n) is 3.55. The van der Waals surface area contributed by atoms with E-state index in [0.29, 0.717) is 12.4 Å². The molecule has 1 aliphatic rings. The van der Waals surface area contributed by atoms with Crippen LogP contribution in [0.4, 0.5) is 11.6 Å². The lowest BCUT2D eigenvalue weighted by atomic mass is 10.1. The third-order valence-electron chi connectivity index (χ3n) is 5.15. The number of hydrogen-bond acceptors (Lipinski definition) is 5. The number of carbonyl (C=O) groups is 2. The minimum absolute atomic E-state index is 0.0709. The van der Waals surface area contributed by atoms with Gasteiger partial charge < -0.3 is 5.32 Å². The number of aromatic nitrogens is 4. The Labute approximate surface area is 175 Å². The van der Waals surface area contributed by atoms with Crippen molar-refractivity contribution in [2.24, 2.45) is 5.92 Å². The highest BCUT2D eigenvalue weighted by molar-refractivity contribution is 5.98. The molecule has 30 heavy (non-hydrogen) atoms. The van der Waals surface area contributed by atoms with E-state index in [2.05, 4.69) is 20.4 Å². The summed E-state index contributed by atoms with van der Waals surface area (Å²) >= 11 is 0. The molecule has 0 aromatic carbocycles. The maximum atomic E-state index is 12.8. The summed E-state index contributed by atoms with van der Waals surface area (Å²) in [6.45, 7) is 5.12. The molecule has 0 saturated heterocycles. The van der Waals surface area contributed by atoms with Crippen LogP contribution in [0.3, 0.4) is 0 Å². The van der Waals surface area contributed by atoms with E-state index in [1.807, 2.05) is 35.9 Å². The number of hydrogen-bond donors (Lipinski definition) is 1. The summed E-state index contributed by atoms with van der Waals surface area (Å²) in [7, 11) is 0. The van der Waals surface area contributed by atoms with E-state index in [-0.39, 0.29) is 18.2 Å². The smallest absolute Gasteiger partial charge is 0.228 e. The molecule has 8 nitrogen and oxygen atoms in total. The molecule has 1 aliphatic heterocycles. The maximum absolute atomic E-state index is 12.8. The first-order valence-corrected chi connectivity index (χ1v) is 10.0. The molecule has 4 heterocycles. The Morgan fingerprint density at radius 3 is 2.73 bits per heavy atom. The summed E-state index contributed by atoms with van der Waals surface area (Å²) in [6.07, 6.45) is 6.15. The van der Waals surface area contributed by atoms with Crippen LogP contribution in [0.2, 0.25) is 0 Å². The molecular formula is C22H24N6O2. The van der Waals surface area contributed by atoms with Crippen LogP contribution in [-0.4, -0.2) is 38.1 Å². The van der Waals surface area contributed by atoms with Crippen LogP contribution >= 0.6 is 0 Å². The summed E-state index contributed by atoms with van der Waals surface area (Å²) in [5.74, 6) is 0.490. The van der Waals surface area contributed by atoms with Gasteiger partial charge in [-0.3, -0.25) is 19.5 Å². The van der Waals surface area contributed by atoms with Gasteiger partial charge in [-0.1, -0.05) is 13.0 Å². The molecule has 2 amide bonds. The van der Waals surface area contributed by atoms with Crippen LogP contribution in [0.5, 0.6) is 0 Å². The number of aryl methyl sites for hydroxylation is 2. The summed E-state index contributed by atoms with van der Waals surface area (Å²) in [5.41, 5.74) is 2.76. The Hall–Kier alpha value is -3.55. The molecule has 0 saturated carbocycles. The van der Waals surface area contributed by atoms with Gasteiger partial charge in [0, 0.05) is 61.2 Å². The quantitative estimate of drug-likeness (QED) is 0.705. The highest BCUT2D eigenvalue weighted by Gasteiger charge is 2.27. The van der Waals surface area contributed by atoms with E-state index in [1.54, 1.807) is 36.5 Å². The largest absolute Gasteiger partial charge is 0.310 e. The second kappa shape index (κ2) is 8.44. The Kier molecular flexibility index (Phi) is 5.56. The predicted molar refractivity (Wildman–Crippen MR) is 114 cm³/mol. The van der Waals surface area contributed by atoms with Crippen molar-refractivity contribution in [3.05, 3.63) is 54.6 Å². The van der Waals surface area contributed by atoms with Crippen LogP contribution in [0.15, 0.2) is 48.9 Å². The van der Waals surface area contributed by atoms with Crippen molar-refractivity contribution in [3.63, 3.8) is 0 Å². The molecule has 4 rings (SSSR count). The van der Waals surface area contributed by atoms with E-state index in [4.69, 9.17) is 0 Å². The predicted octanol–water partition coefficient (Wildman–Crippen LogP) is 3.05. The molecule has 1 unspecified atom stereocenters. The standard InChI is InChI=1S/C22H24N6O2/c1-15(11-21(29)27-9-4-10-28-20(27)12-16(2)26-28)22(30)25-19-7-6-18(14-24-19)17-5-3-8-23-13-17/h3,5-8,12-15H,4,9-11H2,1-2H3,(H,24,25,30). The first-order chi connectivity index (χ1) is 14.5. The summed E-state index contributed by atoms with van der Waals surface area (Å²) in [4.78, 5) is 35.5. The van der Waals surface area contributed by atoms with Crippen molar-refractivity contribution >= 4 is 23.5 Å². The summed E-state index contributed by atoms with van der Waals surface area (Å²) in [5, 5.41) is 7.21. The van der Waals surface area contributed by atoms with E-state index < -0.39 is 5.92 Å². The number of pyridine rings is 2. The lowest BCUT2D eigenvalue weighted by Crippen LogP contribution is -2.39. The van der Waals surface area contributed by atoms with Crippen LogP contribution in [0.1, 0.15) is 25.5 Å². The number of amides is 2. The molecular weight excluding hydrogens is 380 g/mol. The zero-order valence-corrected chi connectivity index (χ0v) is 17.1. The van der Waals surface area contributed by atoms with Gasteiger partial charge in [-0.15, -0.1) is 0 Å². The van der Waals surface area contributed by atoms with Crippen molar-refractivity contribution < 1.29 is 9.59 Å². The fourth-order valence-corrected chi connectivity index (χ4v) is 3.55. The SMILES string of the molecule is Cc1cc2n(n1)CCCN2C(=O)CC(C)C(=O)Nc1ccc(-c2cccnc2)cn1. The lowest BCUT2D eigenvalue weighted by Gasteiger charge is -2.28. The van der Waals surface area contributed by atoms with E-state index in [0.717, 1.165) is 35.6 Å². The molecule has 154 valence electrons. The molecule has 3 aromatic rings. The van der Waals surface area contributed by atoms with Crippen molar-refractivity contribution in [2.45, 2.75) is 33.2 Å². The van der Waals surface area contributed by atoms with E-state index in [1.165, 1.54) is 0 Å². The van der Waals surface area contributed by atoms with Crippen LogP contribution in [-0.2, 0) is 16.1 Å². The minimum Gasteiger partial charge on any atom is -0.310 e. The zero-order valence-electron chi connectivity index (χ0n) is 17.1. The fraction of sp³-hybridized carbons (Fsp3) is 0.318. The van der Waals surface area contributed by atoms with Crippen molar-refractivity contribution in [1.29, 1.82) is 0 Å². The summed E-state index contributed by atoms with van der Waals surface area (Å²) in [6, 6.07) is 9.35. The molecule has 8 heteroatoms. The number of nitrogens with one attached hydrogen (secondary N) is 1. The van der Waals surface area contributed by atoms with Gasteiger partial charge in [-0.05, 0) is 31.5 Å². The van der Waals surface area contributed by atoms with Gasteiger partial charge in [0.05, 0.1) is 5.69 Å². The number of carbonyl (C=O) groups excluding carboxylic acids is 2. The van der Waals surface area contributed by atoms with Gasteiger partial charge in [0.2, 0.25) is 11.8 Å². The highest BCUT2D eigenvalue weighted by Crippen LogP contribution is 2.24. The average molecular weight is 404 g/mol. The number of fused-ring (bicyclic) bond motifs is 1. The van der Waals surface area contributed by atoms with Gasteiger partial charge in [-0.25, -0.2) is 9.67 Å². The molecule has 3 aromatic heterocycles. The molecule has 1 atom stereocenters. The first-order valence-electron chi connectivity index (χ1n) is 10.0. The second-order valence-electron chi connectivity index (χ2n) is 7.53. The second-order valence-corrected chi connectivity index (χ2v) is 7.53. The van der Waals surface area contributed by atoms with Gasteiger partial charge in [-0.2, -0.15) is 5.10 Å². The zero-order chi connectivity index (χ0) is 21.1. The average Bonchev–Trinajstić information content (AvgIpc) is 3.15. The maximum Gasteiger partial charge on any atom is 0.228 e. The summed E-state index contributed by atoms with van der Waals surface area (Å²) < 4.78 is 1.86. The van der Waals surface area contributed by atoms with Crippen molar-refractivity contribution in [2.75, 3.05) is 16.8 Å². The van der Waals surface area contributed by atoms with Crippen LogP contribution < -0.4 is 10.2 Å². The monoisotopic (exact) mass is 404 g/mol. The highest BCUT2D eigenvalue weighted by atomic mass is 16.2. The van der Waals surface area contributed by atoms with E-state index >= 15 is 0 Å². The third-order valence-corrected chi connectivity index (χ3v) is 5.15. The molecule has 1 N–H and O–H groups in total. The first kappa shape index (κ1) is 19.8. The normalized spacial score (nSPS) is 14.1. The van der Waals surface area contributed by atoms with Gasteiger partial charge in [0.15, 0.2) is 0 Å². The van der Waals surface area contributed by atoms with E-state index in [9.17, 15) is 9.59 Å². The Morgan fingerprint density at radius 1 is 1.17 bits per heavy atom. The molecule has 0 fully saturated rings. The number of anilines is 2.